The van der Waals surface area contributed by atoms with Crippen molar-refractivity contribution in [2.45, 2.75) is 6.92 Å². The SMILES string of the molecule is CCOC(=O)c1ccc(NC(=O)c2cc(F)nc(F)c2F)cc1. The number of carbonyl (C=O) groups is 2. The van der Waals surface area contributed by atoms with Crippen molar-refractivity contribution in [3.8, 4) is 0 Å². The molecule has 0 spiro atoms. The molecular formula is C15H11F3N2O3. The van der Waals surface area contributed by atoms with Crippen LogP contribution in [0.4, 0.5) is 18.9 Å². The first-order chi connectivity index (χ1) is 10.9. The smallest absolute Gasteiger partial charge is 0.338 e. The highest BCUT2D eigenvalue weighted by molar-refractivity contribution is 6.04. The Morgan fingerprint density at radius 1 is 1.17 bits per heavy atom. The Labute approximate surface area is 129 Å². The molecule has 0 saturated carbocycles. The third-order valence-corrected chi connectivity index (χ3v) is 2.78. The minimum atomic E-state index is -1.70. The Kier molecular flexibility index (Phi) is 4.95. The Balaban J connectivity index is 2.16. The zero-order valence-corrected chi connectivity index (χ0v) is 11.9. The third kappa shape index (κ3) is 3.85. The minimum absolute atomic E-state index is 0.208. The Hall–Kier alpha value is -2.90. The van der Waals surface area contributed by atoms with E-state index < -0.39 is 35.2 Å². The second kappa shape index (κ2) is 6.91. The number of halogens is 3. The molecule has 0 radical (unpaired) electrons. The predicted octanol–water partition coefficient (Wildman–Crippen LogP) is 2.93. The van der Waals surface area contributed by atoms with Crippen LogP contribution in [0.5, 0.6) is 0 Å². The van der Waals surface area contributed by atoms with Gasteiger partial charge in [0.15, 0.2) is 5.82 Å². The van der Waals surface area contributed by atoms with Gasteiger partial charge in [0.2, 0.25) is 5.95 Å². The molecular weight excluding hydrogens is 313 g/mol. The van der Waals surface area contributed by atoms with Gasteiger partial charge in [0.1, 0.15) is 0 Å². The van der Waals surface area contributed by atoms with Gasteiger partial charge in [0.25, 0.3) is 11.9 Å². The van der Waals surface area contributed by atoms with E-state index in [-0.39, 0.29) is 17.9 Å². The molecule has 5 nitrogen and oxygen atoms in total. The molecule has 0 saturated heterocycles. The number of hydrogen-bond acceptors (Lipinski definition) is 4. The van der Waals surface area contributed by atoms with E-state index in [4.69, 9.17) is 4.74 Å². The first-order valence-electron chi connectivity index (χ1n) is 6.52. The molecule has 120 valence electrons. The number of carbonyl (C=O) groups excluding carboxylic acids is 2. The Morgan fingerprint density at radius 2 is 1.83 bits per heavy atom. The van der Waals surface area contributed by atoms with E-state index in [1.54, 1.807) is 6.92 Å². The highest BCUT2D eigenvalue weighted by Crippen LogP contribution is 2.15. The number of aromatic nitrogens is 1. The lowest BCUT2D eigenvalue weighted by molar-refractivity contribution is 0.0526. The molecule has 0 atom stereocenters. The lowest BCUT2D eigenvalue weighted by Gasteiger charge is -2.07. The van der Waals surface area contributed by atoms with Gasteiger partial charge in [-0.3, -0.25) is 4.79 Å². The molecule has 0 bridgehead atoms. The van der Waals surface area contributed by atoms with Crippen LogP contribution in [0.1, 0.15) is 27.6 Å². The molecule has 1 aromatic carbocycles. The molecule has 8 heteroatoms. The van der Waals surface area contributed by atoms with Gasteiger partial charge in [-0.1, -0.05) is 0 Å². The maximum Gasteiger partial charge on any atom is 0.338 e. The lowest BCUT2D eigenvalue weighted by Crippen LogP contribution is -2.16. The quantitative estimate of drug-likeness (QED) is 0.693. The summed E-state index contributed by atoms with van der Waals surface area (Å²) < 4.78 is 44.2. The number of hydrogen-bond donors (Lipinski definition) is 1. The van der Waals surface area contributed by atoms with Crippen molar-refractivity contribution in [3.05, 3.63) is 59.2 Å². The lowest BCUT2D eigenvalue weighted by atomic mass is 10.2. The number of benzene rings is 1. The number of esters is 1. The van der Waals surface area contributed by atoms with Gasteiger partial charge >= 0.3 is 5.97 Å². The second-order valence-corrected chi connectivity index (χ2v) is 4.35. The number of rotatable bonds is 4. The molecule has 0 aliphatic rings. The summed E-state index contributed by atoms with van der Waals surface area (Å²) in [6.45, 7) is 1.88. The summed E-state index contributed by atoms with van der Waals surface area (Å²) in [5.41, 5.74) is -0.346. The van der Waals surface area contributed by atoms with Crippen molar-refractivity contribution in [3.63, 3.8) is 0 Å². The molecule has 0 fully saturated rings. The van der Waals surface area contributed by atoms with Gasteiger partial charge in [-0.05, 0) is 31.2 Å². The normalized spacial score (nSPS) is 10.3. The van der Waals surface area contributed by atoms with Crippen molar-refractivity contribution < 1.29 is 27.5 Å². The maximum atomic E-state index is 13.5. The van der Waals surface area contributed by atoms with Crippen molar-refractivity contribution in [2.24, 2.45) is 0 Å². The zero-order chi connectivity index (χ0) is 17.0. The van der Waals surface area contributed by atoms with Gasteiger partial charge in [0.05, 0.1) is 17.7 Å². The number of nitrogens with zero attached hydrogens (tertiary/aromatic N) is 1. The van der Waals surface area contributed by atoms with Gasteiger partial charge < -0.3 is 10.1 Å². The molecule has 2 rings (SSSR count). The number of pyridine rings is 1. The van der Waals surface area contributed by atoms with Crippen LogP contribution in [-0.4, -0.2) is 23.5 Å². The molecule has 23 heavy (non-hydrogen) atoms. The van der Waals surface area contributed by atoms with Crippen molar-refractivity contribution in [2.75, 3.05) is 11.9 Å². The Bertz CT molecular complexity index is 748. The van der Waals surface area contributed by atoms with E-state index in [2.05, 4.69) is 10.3 Å². The van der Waals surface area contributed by atoms with E-state index in [0.717, 1.165) is 0 Å². The number of anilines is 1. The monoisotopic (exact) mass is 324 g/mol. The number of ether oxygens (including phenoxy) is 1. The number of amides is 1. The van der Waals surface area contributed by atoms with Crippen molar-refractivity contribution in [1.29, 1.82) is 0 Å². The van der Waals surface area contributed by atoms with E-state index in [0.29, 0.717) is 6.07 Å². The fourth-order valence-electron chi connectivity index (χ4n) is 1.74. The van der Waals surface area contributed by atoms with E-state index >= 15 is 0 Å². The van der Waals surface area contributed by atoms with Crippen LogP contribution in [0.3, 0.4) is 0 Å². The molecule has 1 amide bonds. The van der Waals surface area contributed by atoms with Crippen LogP contribution in [0, 0.1) is 17.7 Å². The molecule has 1 N–H and O–H groups in total. The van der Waals surface area contributed by atoms with Crippen LogP contribution in [0.25, 0.3) is 0 Å². The van der Waals surface area contributed by atoms with Crippen LogP contribution in [-0.2, 0) is 4.74 Å². The summed E-state index contributed by atoms with van der Waals surface area (Å²) in [5, 5.41) is 2.26. The van der Waals surface area contributed by atoms with E-state index in [9.17, 15) is 22.8 Å². The fraction of sp³-hybridized carbons (Fsp3) is 0.133. The largest absolute Gasteiger partial charge is 0.462 e. The predicted molar refractivity (Wildman–Crippen MR) is 74.5 cm³/mol. The first kappa shape index (κ1) is 16.5. The zero-order valence-electron chi connectivity index (χ0n) is 11.9. The molecule has 0 aliphatic heterocycles. The summed E-state index contributed by atoms with van der Waals surface area (Å²) in [5.74, 6) is -6.15. The van der Waals surface area contributed by atoms with Crippen LogP contribution in [0.2, 0.25) is 0 Å². The standard InChI is InChI=1S/C15H11F3N2O3/c1-2-23-15(22)8-3-5-9(6-4-8)19-14(21)10-7-11(16)20-13(18)12(10)17/h3-7H,2H2,1H3,(H,19,21). The van der Waals surface area contributed by atoms with Gasteiger partial charge in [-0.25, -0.2) is 9.18 Å². The molecule has 2 aromatic rings. The van der Waals surface area contributed by atoms with Crippen LogP contribution >= 0.6 is 0 Å². The van der Waals surface area contributed by atoms with Crippen LogP contribution < -0.4 is 5.32 Å². The molecule has 0 unspecified atom stereocenters. The van der Waals surface area contributed by atoms with Crippen molar-refractivity contribution in [1.82, 2.24) is 4.98 Å². The minimum Gasteiger partial charge on any atom is -0.462 e. The van der Waals surface area contributed by atoms with Gasteiger partial charge in [0, 0.05) is 11.8 Å². The molecule has 1 heterocycles. The first-order valence-corrected chi connectivity index (χ1v) is 6.52. The third-order valence-electron chi connectivity index (χ3n) is 2.78. The number of nitrogens with one attached hydrogen (secondary N) is 1. The highest BCUT2D eigenvalue weighted by Gasteiger charge is 2.19. The molecule has 1 aromatic heterocycles. The van der Waals surface area contributed by atoms with E-state index in [1.165, 1.54) is 24.3 Å². The maximum absolute atomic E-state index is 13.5. The fourth-order valence-corrected chi connectivity index (χ4v) is 1.74. The second-order valence-electron chi connectivity index (χ2n) is 4.35. The van der Waals surface area contributed by atoms with Crippen LogP contribution in [0.15, 0.2) is 30.3 Å². The average Bonchev–Trinajstić information content (AvgIpc) is 2.51. The highest BCUT2D eigenvalue weighted by atomic mass is 19.2. The van der Waals surface area contributed by atoms with E-state index in [1.807, 2.05) is 0 Å². The summed E-state index contributed by atoms with van der Waals surface area (Å²) >= 11 is 0. The topological polar surface area (TPSA) is 68.3 Å². The van der Waals surface area contributed by atoms with Gasteiger partial charge in [-0.15, -0.1) is 0 Å². The van der Waals surface area contributed by atoms with Gasteiger partial charge in [-0.2, -0.15) is 13.8 Å². The van der Waals surface area contributed by atoms with Crippen molar-refractivity contribution >= 4 is 17.6 Å². The average molecular weight is 324 g/mol. The summed E-state index contributed by atoms with van der Waals surface area (Å²) in [7, 11) is 0. The molecule has 0 aliphatic carbocycles. The summed E-state index contributed by atoms with van der Waals surface area (Å²) in [6, 6.07) is 6.00. The Morgan fingerprint density at radius 3 is 2.43 bits per heavy atom. The summed E-state index contributed by atoms with van der Waals surface area (Å²) in [6.07, 6.45) is 0. The summed E-state index contributed by atoms with van der Waals surface area (Å²) in [4.78, 5) is 26.0.